The van der Waals surface area contributed by atoms with E-state index < -0.39 is 0 Å². The third-order valence-electron chi connectivity index (χ3n) is 3.34. The van der Waals surface area contributed by atoms with Crippen molar-refractivity contribution in [3.05, 3.63) is 24.0 Å². The number of carbonyl (C=O) groups is 1. The molecule has 0 atom stereocenters. The zero-order valence-corrected chi connectivity index (χ0v) is 13.2. The van der Waals surface area contributed by atoms with E-state index in [0.29, 0.717) is 18.9 Å². The van der Waals surface area contributed by atoms with Crippen molar-refractivity contribution in [1.29, 1.82) is 0 Å². The maximum absolute atomic E-state index is 12.0. The summed E-state index contributed by atoms with van der Waals surface area (Å²) < 4.78 is 12.2. The normalized spacial score (nSPS) is 11.0. The highest BCUT2D eigenvalue weighted by molar-refractivity contribution is 5.88. The summed E-state index contributed by atoms with van der Waals surface area (Å²) in [6.45, 7) is 5.42. The Bertz CT molecular complexity index is 637. The van der Waals surface area contributed by atoms with Crippen LogP contribution in [0.1, 0.15) is 26.1 Å². The number of aromatic nitrogens is 2. The van der Waals surface area contributed by atoms with Crippen LogP contribution in [-0.4, -0.2) is 35.3 Å². The van der Waals surface area contributed by atoms with Crippen LogP contribution in [0.5, 0.6) is 0 Å². The SMILES string of the molecule is CCCc1nc2c(N)cccc2n1CC(=O)OCCOCC. The minimum Gasteiger partial charge on any atom is -0.462 e. The van der Waals surface area contributed by atoms with Crippen molar-refractivity contribution in [3.63, 3.8) is 0 Å². The monoisotopic (exact) mass is 305 g/mol. The predicted molar refractivity (Wildman–Crippen MR) is 85.6 cm³/mol. The second kappa shape index (κ2) is 7.79. The molecule has 2 N–H and O–H groups in total. The lowest BCUT2D eigenvalue weighted by Crippen LogP contribution is -2.18. The zero-order valence-electron chi connectivity index (χ0n) is 13.2. The molecule has 0 aliphatic rings. The van der Waals surface area contributed by atoms with Gasteiger partial charge in [0.2, 0.25) is 0 Å². The van der Waals surface area contributed by atoms with Crippen LogP contribution in [0.4, 0.5) is 5.69 Å². The van der Waals surface area contributed by atoms with E-state index in [2.05, 4.69) is 11.9 Å². The van der Waals surface area contributed by atoms with Crippen molar-refractivity contribution in [2.45, 2.75) is 33.2 Å². The van der Waals surface area contributed by atoms with Crippen LogP contribution in [0.2, 0.25) is 0 Å². The Balaban J connectivity index is 2.16. The van der Waals surface area contributed by atoms with Crippen LogP contribution in [0.25, 0.3) is 11.0 Å². The van der Waals surface area contributed by atoms with E-state index in [1.165, 1.54) is 0 Å². The molecule has 0 fully saturated rings. The van der Waals surface area contributed by atoms with Crippen molar-refractivity contribution in [1.82, 2.24) is 9.55 Å². The lowest BCUT2D eigenvalue weighted by atomic mass is 10.3. The molecule has 0 spiro atoms. The fourth-order valence-electron chi connectivity index (χ4n) is 2.34. The van der Waals surface area contributed by atoms with E-state index in [4.69, 9.17) is 15.2 Å². The molecule has 0 aliphatic carbocycles. The molecule has 0 aliphatic heterocycles. The van der Waals surface area contributed by atoms with Gasteiger partial charge in [0, 0.05) is 13.0 Å². The van der Waals surface area contributed by atoms with Gasteiger partial charge in [-0.05, 0) is 25.5 Å². The minimum atomic E-state index is -0.293. The van der Waals surface area contributed by atoms with Gasteiger partial charge in [0.05, 0.1) is 17.8 Å². The summed E-state index contributed by atoms with van der Waals surface area (Å²) in [6.07, 6.45) is 1.74. The number of anilines is 1. The van der Waals surface area contributed by atoms with E-state index in [-0.39, 0.29) is 19.1 Å². The molecule has 1 aromatic heterocycles. The molecule has 22 heavy (non-hydrogen) atoms. The van der Waals surface area contributed by atoms with Crippen molar-refractivity contribution >= 4 is 22.7 Å². The summed E-state index contributed by atoms with van der Waals surface area (Å²) in [5.74, 6) is 0.566. The number of nitrogen functional groups attached to an aromatic ring is 1. The Kier molecular flexibility index (Phi) is 5.77. The van der Waals surface area contributed by atoms with E-state index in [9.17, 15) is 4.79 Å². The average Bonchev–Trinajstić information content (AvgIpc) is 2.84. The molecule has 0 saturated heterocycles. The molecule has 0 bridgehead atoms. The van der Waals surface area contributed by atoms with E-state index in [1.807, 2.05) is 29.7 Å². The number of esters is 1. The first-order chi connectivity index (χ1) is 10.7. The Morgan fingerprint density at radius 2 is 2.14 bits per heavy atom. The van der Waals surface area contributed by atoms with Gasteiger partial charge < -0.3 is 19.8 Å². The van der Waals surface area contributed by atoms with Gasteiger partial charge in [-0.1, -0.05) is 13.0 Å². The summed E-state index contributed by atoms with van der Waals surface area (Å²) in [6, 6.07) is 5.60. The van der Waals surface area contributed by atoms with Gasteiger partial charge in [0.1, 0.15) is 24.5 Å². The number of para-hydroxylation sites is 1. The Labute approximate surface area is 130 Å². The molecule has 0 radical (unpaired) electrons. The molecule has 6 heteroatoms. The fourth-order valence-corrected chi connectivity index (χ4v) is 2.34. The van der Waals surface area contributed by atoms with Crippen molar-refractivity contribution in [2.75, 3.05) is 25.6 Å². The maximum atomic E-state index is 12.0. The van der Waals surface area contributed by atoms with Crippen LogP contribution >= 0.6 is 0 Å². The molecular formula is C16H23N3O3. The van der Waals surface area contributed by atoms with Gasteiger partial charge >= 0.3 is 5.97 Å². The van der Waals surface area contributed by atoms with Gasteiger partial charge in [-0.2, -0.15) is 0 Å². The molecule has 1 aromatic carbocycles. The van der Waals surface area contributed by atoms with Gasteiger partial charge in [0.15, 0.2) is 0 Å². The molecule has 0 amide bonds. The number of hydrogen-bond donors (Lipinski definition) is 1. The number of hydrogen-bond acceptors (Lipinski definition) is 5. The number of carbonyl (C=O) groups excluding carboxylic acids is 1. The number of ether oxygens (including phenoxy) is 2. The summed E-state index contributed by atoms with van der Waals surface area (Å²) in [5, 5.41) is 0. The molecular weight excluding hydrogens is 282 g/mol. The number of nitrogens with two attached hydrogens (primary N) is 1. The smallest absolute Gasteiger partial charge is 0.326 e. The van der Waals surface area contributed by atoms with Crippen LogP contribution in [0.15, 0.2) is 18.2 Å². The standard InChI is InChI=1S/C16H23N3O3/c1-3-6-14-18-16-12(17)7-5-8-13(16)19(14)11-15(20)22-10-9-21-4-2/h5,7-8H,3-4,6,9-11,17H2,1-2H3. The van der Waals surface area contributed by atoms with Crippen LogP contribution in [0, 0.1) is 0 Å². The fraction of sp³-hybridized carbons (Fsp3) is 0.500. The first-order valence-corrected chi connectivity index (χ1v) is 7.64. The number of fused-ring (bicyclic) bond motifs is 1. The molecule has 0 unspecified atom stereocenters. The van der Waals surface area contributed by atoms with Crippen LogP contribution in [-0.2, 0) is 27.2 Å². The second-order valence-corrected chi connectivity index (χ2v) is 5.00. The number of nitrogens with zero attached hydrogens (tertiary/aromatic N) is 2. The first-order valence-electron chi connectivity index (χ1n) is 7.64. The quantitative estimate of drug-likeness (QED) is 0.459. The lowest BCUT2D eigenvalue weighted by molar-refractivity contribution is -0.145. The van der Waals surface area contributed by atoms with Gasteiger partial charge in [-0.3, -0.25) is 4.79 Å². The van der Waals surface area contributed by atoms with Crippen LogP contribution in [0.3, 0.4) is 0 Å². The number of rotatable bonds is 8. The highest BCUT2D eigenvalue weighted by Crippen LogP contribution is 2.22. The number of aryl methyl sites for hydroxylation is 1. The van der Waals surface area contributed by atoms with E-state index >= 15 is 0 Å². The molecule has 1 heterocycles. The largest absolute Gasteiger partial charge is 0.462 e. The lowest BCUT2D eigenvalue weighted by Gasteiger charge is -2.09. The number of imidazole rings is 1. The summed E-state index contributed by atoms with van der Waals surface area (Å²) >= 11 is 0. The molecule has 120 valence electrons. The molecule has 6 nitrogen and oxygen atoms in total. The minimum absolute atomic E-state index is 0.140. The van der Waals surface area contributed by atoms with E-state index in [1.54, 1.807) is 0 Å². The molecule has 2 aromatic rings. The topological polar surface area (TPSA) is 79.4 Å². The Hall–Kier alpha value is -2.08. The summed E-state index contributed by atoms with van der Waals surface area (Å²) in [5.41, 5.74) is 8.20. The van der Waals surface area contributed by atoms with Gasteiger partial charge in [-0.15, -0.1) is 0 Å². The number of benzene rings is 1. The summed E-state index contributed by atoms with van der Waals surface area (Å²) in [7, 11) is 0. The van der Waals surface area contributed by atoms with Crippen molar-refractivity contribution in [3.8, 4) is 0 Å². The highest BCUT2D eigenvalue weighted by Gasteiger charge is 2.15. The molecule has 0 saturated carbocycles. The third-order valence-corrected chi connectivity index (χ3v) is 3.34. The second-order valence-electron chi connectivity index (χ2n) is 5.00. The Morgan fingerprint density at radius 1 is 1.32 bits per heavy atom. The predicted octanol–water partition coefficient (Wildman–Crippen LogP) is 2.15. The maximum Gasteiger partial charge on any atom is 0.326 e. The Morgan fingerprint density at radius 3 is 2.86 bits per heavy atom. The van der Waals surface area contributed by atoms with Crippen LogP contribution < -0.4 is 5.73 Å². The van der Waals surface area contributed by atoms with Gasteiger partial charge in [-0.25, -0.2) is 4.98 Å². The van der Waals surface area contributed by atoms with E-state index in [0.717, 1.165) is 29.7 Å². The average molecular weight is 305 g/mol. The zero-order chi connectivity index (χ0) is 15.9. The van der Waals surface area contributed by atoms with Crippen molar-refractivity contribution in [2.24, 2.45) is 0 Å². The first kappa shape index (κ1) is 16.3. The molecule has 2 rings (SSSR count). The highest BCUT2D eigenvalue weighted by atomic mass is 16.6. The third kappa shape index (κ3) is 3.76. The van der Waals surface area contributed by atoms with Crippen molar-refractivity contribution < 1.29 is 14.3 Å². The summed E-state index contributed by atoms with van der Waals surface area (Å²) in [4.78, 5) is 16.6. The van der Waals surface area contributed by atoms with Gasteiger partial charge in [0.25, 0.3) is 0 Å².